The molecule has 5 atom stereocenters. The minimum Gasteiger partial charge on any atom is -0.288 e. The summed E-state index contributed by atoms with van der Waals surface area (Å²) >= 11 is 0. The Hall–Kier alpha value is -3.50. The lowest BCUT2D eigenvalue weighted by molar-refractivity contribution is -0.123. The molecule has 3 aliphatic rings. The van der Waals surface area contributed by atoms with E-state index in [2.05, 4.69) is 12.1 Å². The molecule has 1 unspecified atom stereocenters. The molecule has 4 heteroatoms. The molecule has 2 saturated heterocycles. The van der Waals surface area contributed by atoms with E-state index in [-0.39, 0.29) is 17.7 Å². The zero-order chi connectivity index (χ0) is 22.2. The number of carbonyl (C=O) groups is 1. The summed E-state index contributed by atoms with van der Waals surface area (Å²) in [5.41, 5.74) is 4.92. The molecule has 1 amide bonds. The molecule has 2 heterocycles. The second-order valence-corrected chi connectivity index (χ2v) is 10.8. The van der Waals surface area contributed by atoms with Crippen molar-refractivity contribution in [3.8, 4) is 0 Å². The fourth-order valence-corrected chi connectivity index (χ4v) is 9.32. The largest absolute Gasteiger partial charge is 0.288 e. The fraction of sp³-hybridized carbons (Fsp3) is 0.138. The molecule has 4 aromatic rings. The van der Waals surface area contributed by atoms with Crippen LogP contribution in [-0.2, 0) is 25.2 Å². The summed E-state index contributed by atoms with van der Waals surface area (Å²) in [5.74, 6) is -0.238. The SMILES string of the molecule is O=C1N(c2ccccc2)[C@]2(c3ccccc3)[C@H]3c4ccccc4[C@H]3[C@@]1(c1ccccc1)S2=O. The summed E-state index contributed by atoms with van der Waals surface area (Å²) in [7, 11) is -1.53. The standard InChI is InChI=1S/C29H21NO2S/c31-27-28(20-12-4-1-5-13-20)25-23-18-10-11-19-24(23)26(25)29(33(28)32,21-14-6-2-7-15-21)30(27)22-16-8-3-9-17-22/h1-19,25-26H/t25-,26+,28-,29+,33?/m1/s1. The highest BCUT2D eigenvalue weighted by Gasteiger charge is 2.84. The molecule has 0 spiro atoms. The van der Waals surface area contributed by atoms with E-state index in [1.165, 1.54) is 5.56 Å². The molecule has 0 aromatic heterocycles. The van der Waals surface area contributed by atoms with E-state index >= 15 is 0 Å². The molecule has 4 aromatic carbocycles. The Bertz CT molecular complexity index is 1420. The zero-order valence-corrected chi connectivity index (χ0v) is 18.6. The van der Waals surface area contributed by atoms with Crippen LogP contribution < -0.4 is 4.90 Å². The number of hydrogen-bond donors (Lipinski definition) is 0. The van der Waals surface area contributed by atoms with Crippen LogP contribution in [0, 0.1) is 0 Å². The molecule has 1 aliphatic carbocycles. The molecular formula is C29H21NO2S. The number of nitrogens with zero attached hydrogens (tertiary/aromatic N) is 1. The Morgan fingerprint density at radius 1 is 0.606 bits per heavy atom. The highest BCUT2D eigenvalue weighted by atomic mass is 32.2. The highest BCUT2D eigenvalue weighted by Crippen LogP contribution is 2.77. The van der Waals surface area contributed by atoms with Crippen LogP contribution in [-0.4, -0.2) is 10.1 Å². The molecule has 2 fully saturated rings. The predicted molar refractivity (Wildman–Crippen MR) is 130 cm³/mol. The van der Waals surface area contributed by atoms with Gasteiger partial charge in [0.15, 0.2) is 9.62 Å². The van der Waals surface area contributed by atoms with Crippen LogP contribution >= 0.6 is 0 Å². The number of fused-ring (bicyclic) bond motifs is 8. The monoisotopic (exact) mass is 447 g/mol. The number of piperidine rings is 1. The number of para-hydroxylation sites is 1. The first kappa shape index (κ1) is 19.0. The van der Waals surface area contributed by atoms with Gasteiger partial charge < -0.3 is 0 Å². The first-order valence-corrected chi connectivity index (χ1v) is 12.4. The lowest BCUT2D eigenvalue weighted by Gasteiger charge is -2.53. The van der Waals surface area contributed by atoms with Crippen molar-refractivity contribution >= 4 is 22.4 Å². The van der Waals surface area contributed by atoms with E-state index < -0.39 is 20.4 Å². The van der Waals surface area contributed by atoms with E-state index in [1.807, 2.05) is 108 Å². The molecule has 33 heavy (non-hydrogen) atoms. The average molecular weight is 448 g/mol. The number of carbonyl (C=O) groups excluding carboxylic acids is 1. The molecule has 2 bridgehead atoms. The van der Waals surface area contributed by atoms with E-state index in [4.69, 9.17) is 0 Å². The van der Waals surface area contributed by atoms with Gasteiger partial charge in [-0.2, -0.15) is 0 Å². The van der Waals surface area contributed by atoms with Gasteiger partial charge in [-0.1, -0.05) is 103 Å². The molecule has 0 saturated carbocycles. The summed E-state index contributed by atoms with van der Waals surface area (Å²) in [6.45, 7) is 0. The Kier molecular flexibility index (Phi) is 3.76. The quantitative estimate of drug-likeness (QED) is 0.420. The summed E-state index contributed by atoms with van der Waals surface area (Å²) in [4.78, 5) is 15.5. The van der Waals surface area contributed by atoms with Crippen LogP contribution in [0.1, 0.15) is 34.1 Å². The number of benzene rings is 4. The molecular weight excluding hydrogens is 426 g/mol. The maximum atomic E-state index is 15.0. The normalized spacial score (nSPS) is 31.1. The fourth-order valence-electron chi connectivity index (χ4n) is 6.53. The third kappa shape index (κ3) is 2.02. The second kappa shape index (κ2) is 6.52. The van der Waals surface area contributed by atoms with Crippen LogP contribution in [0.4, 0.5) is 5.69 Å². The predicted octanol–water partition coefficient (Wildman–Crippen LogP) is 5.43. The minimum atomic E-state index is -1.53. The van der Waals surface area contributed by atoms with Crippen LogP contribution in [0.2, 0.25) is 0 Å². The minimum absolute atomic E-state index is 0.0463. The zero-order valence-electron chi connectivity index (χ0n) is 17.8. The van der Waals surface area contributed by atoms with Gasteiger partial charge in [0.25, 0.3) is 5.91 Å². The van der Waals surface area contributed by atoms with Crippen molar-refractivity contribution < 1.29 is 9.00 Å². The maximum Gasteiger partial charge on any atom is 0.252 e. The van der Waals surface area contributed by atoms with Crippen molar-refractivity contribution in [2.75, 3.05) is 4.90 Å². The van der Waals surface area contributed by atoms with Crippen LogP contribution in [0.15, 0.2) is 115 Å². The number of hydrogen-bond acceptors (Lipinski definition) is 2. The van der Waals surface area contributed by atoms with Crippen molar-refractivity contribution in [1.82, 2.24) is 0 Å². The Balaban J connectivity index is 1.63. The summed E-state index contributed by atoms with van der Waals surface area (Å²) in [6.07, 6.45) is 0. The van der Waals surface area contributed by atoms with E-state index in [1.54, 1.807) is 0 Å². The number of rotatable bonds is 3. The average Bonchev–Trinajstić information content (AvgIpc) is 3.19. The van der Waals surface area contributed by atoms with Gasteiger partial charge in [0, 0.05) is 17.5 Å². The van der Waals surface area contributed by atoms with Crippen molar-refractivity contribution in [2.45, 2.75) is 21.5 Å². The van der Waals surface area contributed by atoms with Gasteiger partial charge in [-0.05, 0) is 34.4 Å². The summed E-state index contributed by atoms with van der Waals surface area (Å²) in [6, 6.07) is 37.9. The highest BCUT2D eigenvalue weighted by molar-refractivity contribution is 7.89. The topological polar surface area (TPSA) is 37.4 Å². The first-order chi connectivity index (χ1) is 16.2. The first-order valence-electron chi connectivity index (χ1n) is 11.2. The molecule has 2 aliphatic heterocycles. The van der Waals surface area contributed by atoms with Crippen LogP contribution in [0.3, 0.4) is 0 Å². The van der Waals surface area contributed by atoms with Gasteiger partial charge in [0.1, 0.15) is 0 Å². The maximum absolute atomic E-state index is 15.0. The third-order valence-corrected chi connectivity index (χ3v) is 10.2. The number of anilines is 1. The van der Waals surface area contributed by atoms with E-state index in [9.17, 15) is 9.00 Å². The summed E-state index contributed by atoms with van der Waals surface area (Å²) < 4.78 is 13.9. The molecule has 3 nitrogen and oxygen atoms in total. The smallest absolute Gasteiger partial charge is 0.252 e. The Labute approximate surface area is 195 Å². The Morgan fingerprint density at radius 2 is 1.09 bits per heavy atom. The molecule has 7 rings (SSSR count). The lowest BCUT2D eigenvalue weighted by atomic mass is 9.55. The Morgan fingerprint density at radius 3 is 1.70 bits per heavy atom. The van der Waals surface area contributed by atoms with Gasteiger partial charge in [-0.3, -0.25) is 13.9 Å². The summed E-state index contributed by atoms with van der Waals surface area (Å²) in [5, 5.41) is 0. The van der Waals surface area contributed by atoms with Gasteiger partial charge in [-0.15, -0.1) is 0 Å². The molecule has 0 N–H and O–H groups in total. The molecule has 160 valence electrons. The lowest BCUT2D eigenvalue weighted by Crippen LogP contribution is -2.58. The van der Waals surface area contributed by atoms with E-state index in [0.717, 1.165) is 22.4 Å². The van der Waals surface area contributed by atoms with Crippen LogP contribution in [0.25, 0.3) is 0 Å². The van der Waals surface area contributed by atoms with Gasteiger partial charge >= 0.3 is 0 Å². The van der Waals surface area contributed by atoms with Crippen molar-refractivity contribution in [2.24, 2.45) is 0 Å². The van der Waals surface area contributed by atoms with Gasteiger partial charge in [0.05, 0.1) is 10.8 Å². The number of amides is 1. The van der Waals surface area contributed by atoms with E-state index in [0.29, 0.717) is 0 Å². The van der Waals surface area contributed by atoms with Crippen molar-refractivity contribution in [3.05, 3.63) is 138 Å². The van der Waals surface area contributed by atoms with Gasteiger partial charge in [-0.25, -0.2) is 0 Å². The van der Waals surface area contributed by atoms with Gasteiger partial charge in [0.2, 0.25) is 0 Å². The van der Waals surface area contributed by atoms with Crippen molar-refractivity contribution in [1.29, 1.82) is 0 Å². The molecule has 0 radical (unpaired) electrons. The second-order valence-electron chi connectivity index (χ2n) is 8.99. The van der Waals surface area contributed by atoms with Crippen LogP contribution in [0.5, 0.6) is 0 Å². The van der Waals surface area contributed by atoms with Crippen molar-refractivity contribution in [3.63, 3.8) is 0 Å². The third-order valence-electron chi connectivity index (χ3n) is 7.69.